The smallest absolute Gasteiger partial charge is 0.166 e. The van der Waals surface area contributed by atoms with Gasteiger partial charge in [0, 0.05) is 12.5 Å². The molecule has 3 heteroatoms. The number of Topliss-reactive ketones (excluding diaryl/α,β-unsaturated/α-hetero) is 1. The lowest BCUT2D eigenvalue weighted by atomic mass is 9.71. The predicted molar refractivity (Wildman–Crippen MR) is 88.6 cm³/mol. The van der Waals surface area contributed by atoms with Gasteiger partial charge in [-0.15, -0.1) is 0 Å². The van der Waals surface area contributed by atoms with E-state index in [1.807, 2.05) is 34.6 Å². The zero-order valence-electron chi connectivity index (χ0n) is 15.6. The maximum Gasteiger partial charge on any atom is 0.166 e. The van der Waals surface area contributed by atoms with Gasteiger partial charge >= 0.3 is 0 Å². The van der Waals surface area contributed by atoms with E-state index >= 15 is 0 Å². The highest BCUT2D eigenvalue weighted by atomic mass is 16.5. The van der Waals surface area contributed by atoms with E-state index in [4.69, 9.17) is 9.47 Å². The number of carbonyl (C=O) groups excluding carboxylic acids is 1. The van der Waals surface area contributed by atoms with Crippen LogP contribution in [0.2, 0.25) is 0 Å². The van der Waals surface area contributed by atoms with Gasteiger partial charge in [0.25, 0.3) is 0 Å². The summed E-state index contributed by atoms with van der Waals surface area (Å²) in [7, 11) is 1.70. The number of hydrogen-bond acceptors (Lipinski definition) is 3. The third-order valence-corrected chi connectivity index (χ3v) is 4.54. The lowest BCUT2D eigenvalue weighted by molar-refractivity contribution is -0.141. The van der Waals surface area contributed by atoms with Gasteiger partial charge in [-0.3, -0.25) is 4.79 Å². The zero-order chi connectivity index (χ0) is 16.9. The van der Waals surface area contributed by atoms with Gasteiger partial charge in [-0.1, -0.05) is 41.0 Å². The van der Waals surface area contributed by atoms with Crippen molar-refractivity contribution in [1.82, 2.24) is 0 Å². The lowest BCUT2D eigenvalue weighted by Crippen LogP contribution is -2.38. The Balaban J connectivity index is 4.49. The third kappa shape index (κ3) is 7.42. The van der Waals surface area contributed by atoms with E-state index in [1.54, 1.807) is 7.11 Å². The molecule has 0 aromatic carbocycles. The molecule has 1 unspecified atom stereocenters. The standard InChI is InChI=1S/C18H36O3/c1-10-16(3,4)13-17(5,6)15(19)14(2)21-12-11-18(7,8)20-9/h14H,10-13H2,1-9H3. The molecule has 3 nitrogen and oxygen atoms in total. The second kappa shape index (κ2) is 7.73. The average molecular weight is 300 g/mol. The molecular formula is C18H36O3. The van der Waals surface area contributed by atoms with Gasteiger partial charge in [-0.05, 0) is 39.0 Å². The molecule has 0 aliphatic heterocycles. The van der Waals surface area contributed by atoms with Crippen molar-refractivity contribution in [2.45, 2.75) is 86.4 Å². The summed E-state index contributed by atoms with van der Waals surface area (Å²) >= 11 is 0. The quantitative estimate of drug-likeness (QED) is 0.590. The van der Waals surface area contributed by atoms with Gasteiger partial charge in [0.05, 0.1) is 12.2 Å². The average Bonchev–Trinajstić information content (AvgIpc) is 2.36. The molecule has 0 spiro atoms. The number of carbonyl (C=O) groups is 1. The van der Waals surface area contributed by atoms with Crippen molar-refractivity contribution in [2.75, 3.05) is 13.7 Å². The Labute approximate surface area is 131 Å². The SMILES string of the molecule is CCC(C)(C)CC(C)(C)C(=O)C(C)OCCC(C)(C)OC. The Bertz CT molecular complexity index is 329. The van der Waals surface area contributed by atoms with Crippen molar-refractivity contribution in [2.24, 2.45) is 10.8 Å². The Morgan fingerprint density at radius 3 is 2.05 bits per heavy atom. The molecule has 0 bridgehead atoms. The van der Waals surface area contributed by atoms with Crippen LogP contribution >= 0.6 is 0 Å². The van der Waals surface area contributed by atoms with E-state index in [2.05, 4.69) is 20.8 Å². The molecule has 0 saturated heterocycles. The van der Waals surface area contributed by atoms with E-state index < -0.39 is 0 Å². The molecule has 0 N–H and O–H groups in total. The lowest BCUT2D eigenvalue weighted by Gasteiger charge is -2.35. The first-order valence-electron chi connectivity index (χ1n) is 8.08. The van der Waals surface area contributed by atoms with Crippen LogP contribution in [0.15, 0.2) is 0 Å². The van der Waals surface area contributed by atoms with E-state index in [1.165, 1.54) is 0 Å². The summed E-state index contributed by atoms with van der Waals surface area (Å²) in [6.45, 7) is 17.1. The molecule has 0 heterocycles. The molecule has 0 fully saturated rings. The molecular weight excluding hydrogens is 264 g/mol. The molecule has 0 radical (unpaired) electrons. The molecule has 0 aromatic heterocycles. The fraction of sp³-hybridized carbons (Fsp3) is 0.944. The molecule has 21 heavy (non-hydrogen) atoms. The van der Waals surface area contributed by atoms with Crippen LogP contribution in [0.25, 0.3) is 0 Å². The molecule has 126 valence electrons. The van der Waals surface area contributed by atoms with Gasteiger partial charge in [0.15, 0.2) is 5.78 Å². The number of ether oxygens (including phenoxy) is 2. The van der Waals surface area contributed by atoms with Crippen LogP contribution in [-0.2, 0) is 14.3 Å². The van der Waals surface area contributed by atoms with Gasteiger partial charge in [-0.25, -0.2) is 0 Å². The van der Waals surface area contributed by atoms with Crippen LogP contribution in [0.1, 0.15) is 74.7 Å². The highest BCUT2D eigenvalue weighted by Gasteiger charge is 2.36. The number of hydrogen-bond donors (Lipinski definition) is 0. The van der Waals surface area contributed by atoms with Crippen molar-refractivity contribution in [3.63, 3.8) is 0 Å². The van der Waals surface area contributed by atoms with Crippen LogP contribution in [-0.4, -0.2) is 31.2 Å². The second-order valence-corrected chi connectivity index (χ2v) is 8.17. The predicted octanol–water partition coefficient (Wildman–Crippen LogP) is 4.63. The van der Waals surface area contributed by atoms with Crippen LogP contribution in [0.3, 0.4) is 0 Å². The van der Waals surface area contributed by atoms with Crippen LogP contribution in [0.4, 0.5) is 0 Å². The van der Waals surface area contributed by atoms with Gasteiger partial charge in [-0.2, -0.15) is 0 Å². The van der Waals surface area contributed by atoms with Gasteiger partial charge < -0.3 is 9.47 Å². The molecule has 0 aliphatic carbocycles. The highest BCUT2D eigenvalue weighted by Crippen LogP contribution is 2.37. The number of rotatable bonds is 10. The normalized spacial score (nSPS) is 15.1. The summed E-state index contributed by atoms with van der Waals surface area (Å²) in [6, 6.07) is 0. The zero-order valence-corrected chi connectivity index (χ0v) is 15.6. The molecule has 0 amide bonds. The first-order valence-corrected chi connectivity index (χ1v) is 8.08. The van der Waals surface area contributed by atoms with Crippen LogP contribution < -0.4 is 0 Å². The summed E-state index contributed by atoms with van der Waals surface area (Å²) in [5, 5.41) is 0. The largest absolute Gasteiger partial charge is 0.379 e. The van der Waals surface area contributed by atoms with Gasteiger partial charge in [0.2, 0.25) is 0 Å². The molecule has 0 aliphatic rings. The Morgan fingerprint density at radius 1 is 1.10 bits per heavy atom. The monoisotopic (exact) mass is 300 g/mol. The molecule has 1 atom stereocenters. The van der Waals surface area contributed by atoms with E-state index in [0.29, 0.717) is 6.61 Å². The van der Waals surface area contributed by atoms with Crippen LogP contribution in [0, 0.1) is 10.8 Å². The van der Waals surface area contributed by atoms with Crippen LogP contribution in [0.5, 0.6) is 0 Å². The minimum Gasteiger partial charge on any atom is -0.379 e. The van der Waals surface area contributed by atoms with Crippen molar-refractivity contribution in [3.8, 4) is 0 Å². The summed E-state index contributed by atoms with van der Waals surface area (Å²) in [5.41, 5.74) is -0.380. The molecule has 0 saturated carbocycles. The van der Waals surface area contributed by atoms with E-state index in [0.717, 1.165) is 19.3 Å². The topological polar surface area (TPSA) is 35.5 Å². The minimum atomic E-state index is -0.361. The summed E-state index contributed by atoms with van der Waals surface area (Å²) in [5.74, 6) is 0.194. The second-order valence-electron chi connectivity index (χ2n) is 8.17. The Morgan fingerprint density at radius 2 is 1.62 bits per heavy atom. The summed E-state index contributed by atoms with van der Waals surface area (Å²) in [6.07, 6.45) is 2.37. The van der Waals surface area contributed by atoms with E-state index in [9.17, 15) is 4.79 Å². The Hall–Kier alpha value is -0.410. The highest BCUT2D eigenvalue weighted by molar-refractivity contribution is 5.87. The van der Waals surface area contributed by atoms with Crippen molar-refractivity contribution in [3.05, 3.63) is 0 Å². The first-order chi connectivity index (χ1) is 9.37. The summed E-state index contributed by atoms with van der Waals surface area (Å²) < 4.78 is 11.1. The van der Waals surface area contributed by atoms with Crippen molar-refractivity contribution in [1.29, 1.82) is 0 Å². The number of methoxy groups -OCH3 is 1. The minimum absolute atomic E-state index is 0.178. The fourth-order valence-electron chi connectivity index (χ4n) is 2.62. The molecule has 0 aromatic rings. The van der Waals surface area contributed by atoms with Crippen molar-refractivity contribution < 1.29 is 14.3 Å². The Kier molecular flexibility index (Phi) is 7.58. The van der Waals surface area contributed by atoms with Gasteiger partial charge in [0.1, 0.15) is 6.10 Å². The maximum atomic E-state index is 12.6. The summed E-state index contributed by atoms with van der Waals surface area (Å²) in [4.78, 5) is 12.6. The fourth-order valence-corrected chi connectivity index (χ4v) is 2.62. The third-order valence-electron chi connectivity index (χ3n) is 4.54. The first kappa shape index (κ1) is 20.6. The maximum absolute atomic E-state index is 12.6. The van der Waals surface area contributed by atoms with E-state index in [-0.39, 0.29) is 28.3 Å². The molecule has 0 rings (SSSR count). The number of ketones is 1. The van der Waals surface area contributed by atoms with Crippen molar-refractivity contribution >= 4 is 5.78 Å².